The zero-order valence-corrected chi connectivity index (χ0v) is 11.7. The highest BCUT2D eigenvalue weighted by Gasteiger charge is 2.24. The molecule has 1 atom stereocenters. The van der Waals surface area contributed by atoms with E-state index in [9.17, 15) is 10.2 Å². The summed E-state index contributed by atoms with van der Waals surface area (Å²) >= 11 is 0. The number of benzene rings is 2. The van der Waals surface area contributed by atoms with Crippen LogP contribution in [0.4, 0.5) is 0 Å². The normalized spacial score (nSPS) is 17.1. The first kappa shape index (κ1) is 13.9. The molecule has 1 heterocycles. The van der Waals surface area contributed by atoms with Crippen molar-refractivity contribution in [2.24, 2.45) is 5.73 Å². The van der Waals surface area contributed by atoms with Crippen molar-refractivity contribution in [3.63, 3.8) is 0 Å². The SMILES string of the molecule is NCC1CCc2c(ccc(O)c2-c2ccccc2CO)O1. The lowest BCUT2D eigenvalue weighted by Gasteiger charge is -2.27. The van der Waals surface area contributed by atoms with Gasteiger partial charge in [-0.15, -0.1) is 0 Å². The fourth-order valence-corrected chi connectivity index (χ4v) is 2.89. The molecule has 1 aliphatic rings. The van der Waals surface area contributed by atoms with Crippen LogP contribution in [0.5, 0.6) is 11.5 Å². The molecule has 3 rings (SSSR count). The molecule has 0 saturated heterocycles. The van der Waals surface area contributed by atoms with Crippen LogP contribution in [0.15, 0.2) is 36.4 Å². The molecule has 2 aromatic carbocycles. The second-order valence-electron chi connectivity index (χ2n) is 5.27. The lowest BCUT2D eigenvalue weighted by atomic mass is 9.90. The summed E-state index contributed by atoms with van der Waals surface area (Å²) in [4.78, 5) is 0. The van der Waals surface area contributed by atoms with E-state index in [1.807, 2.05) is 24.3 Å². The molecule has 0 fully saturated rings. The quantitative estimate of drug-likeness (QED) is 0.808. The molecular weight excluding hydrogens is 266 g/mol. The van der Waals surface area contributed by atoms with Gasteiger partial charge < -0.3 is 20.7 Å². The average molecular weight is 285 g/mol. The number of fused-ring (bicyclic) bond motifs is 1. The predicted octanol–water partition coefficient (Wildman–Crippen LogP) is 2.20. The number of phenolic OH excluding ortho intramolecular Hbond substituents is 1. The van der Waals surface area contributed by atoms with Crippen molar-refractivity contribution >= 4 is 0 Å². The van der Waals surface area contributed by atoms with Gasteiger partial charge >= 0.3 is 0 Å². The Hall–Kier alpha value is -2.04. The molecule has 4 nitrogen and oxygen atoms in total. The van der Waals surface area contributed by atoms with E-state index in [2.05, 4.69) is 0 Å². The van der Waals surface area contributed by atoms with Crippen molar-refractivity contribution in [3.8, 4) is 22.6 Å². The number of hydrogen-bond donors (Lipinski definition) is 3. The number of aromatic hydroxyl groups is 1. The number of phenols is 1. The summed E-state index contributed by atoms with van der Waals surface area (Å²) in [5.41, 5.74) is 9.07. The zero-order chi connectivity index (χ0) is 14.8. The molecule has 110 valence electrons. The van der Waals surface area contributed by atoms with Crippen molar-refractivity contribution in [3.05, 3.63) is 47.5 Å². The monoisotopic (exact) mass is 285 g/mol. The highest BCUT2D eigenvalue weighted by Crippen LogP contribution is 2.42. The van der Waals surface area contributed by atoms with E-state index in [-0.39, 0.29) is 18.5 Å². The first-order chi connectivity index (χ1) is 10.2. The minimum absolute atomic E-state index is 0.0305. The van der Waals surface area contributed by atoms with Gasteiger partial charge in [0.2, 0.25) is 0 Å². The second kappa shape index (κ2) is 5.76. The van der Waals surface area contributed by atoms with Gasteiger partial charge in [-0.3, -0.25) is 0 Å². The van der Waals surface area contributed by atoms with Crippen LogP contribution < -0.4 is 10.5 Å². The van der Waals surface area contributed by atoms with Gasteiger partial charge in [0.1, 0.15) is 17.6 Å². The third-order valence-corrected chi connectivity index (χ3v) is 3.98. The Morgan fingerprint density at radius 2 is 2.00 bits per heavy atom. The number of aliphatic hydroxyl groups excluding tert-OH is 1. The zero-order valence-electron chi connectivity index (χ0n) is 11.7. The van der Waals surface area contributed by atoms with Gasteiger partial charge in [0.25, 0.3) is 0 Å². The van der Waals surface area contributed by atoms with E-state index in [0.717, 1.165) is 40.8 Å². The van der Waals surface area contributed by atoms with Gasteiger partial charge in [-0.05, 0) is 36.1 Å². The number of hydrogen-bond acceptors (Lipinski definition) is 4. The van der Waals surface area contributed by atoms with Crippen LogP contribution in [-0.2, 0) is 13.0 Å². The van der Waals surface area contributed by atoms with Gasteiger partial charge in [0.15, 0.2) is 0 Å². The molecule has 1 unspecified atom stereocenters. The third-order valence-electron chi connectivity index (χ3n) is 3.98. The lowest BCUT2D eigenvalue weighted by molar-refractivity contribution is 0.181. The Balaban J connectivity index is 2.15. The molecule has 0 radical (unpaired) electrons. The highest BCUT2D eigenvalue weighted by atomic mass is 16.5. The summed E-state index contributed by atoms with van der Waals surface area (Å²) in [6.07, 6.45) is 1.67. The van der Waals surface area contributed by atoms with E-state index < -0.39 is 0 Å². The molecule has 21 heavy (non-hydrogen) atoms. The number of rotatable bonds is 3. The fraction of sp³-hybridized carbons (Fsp3) is 0.294. The smallest absolute Gasteiger partial charge is 0.123 e. The van der Waals surface area contributed by atoms with Crippen LogP contribution in [-0.4, -0.2) is 22.9 Å². The van der Waals surface area contributed by atoms with Crippen LogP contribution >= 0.6 is 0 Å². The third kappa shape index (κ3) is 2.48. The van der Waals surface area contributed by atoms with Crippen molar-refractivity contribution in [1.29, 1.82) is 0 Å². The Morgan fingerprint density at radius 1 is 1.19 bits per heavy atom. The van der Waals surface area contributed by atoms with Gasteiger partial charge in [-0.25, -0.2) is 0 Å². The van der Waals surface area contributed by atoms with Crippen molar-refractivity contribution in [2.45, 2.75) is 25.6 Å². The Morgan fingerprint density at radius 3 is 2.76 bits per heavy atom. The molecule has 4 heteroatoms. The fourth-order valence-electron chi connectivity index (χ4n) is 2.89. The largest absolute Gasteiger partial charge is 0.507 e. The van der Waals surface area contributed by atoms with Crippen molar-refractivity contribution < 1.29 is 14.9 Å². The molecule has 0 bridgehead atoms. The predicted molar refractivity (Wildman–Crippen MR) is 81.3 cm³/mol. The summed E-state index contributed by atoms with van der Waals surface area (Å²) in [6, 6.07) is 11.0. The van der Waals surface area contributed by atoms with Gasteiger partial charge in [0, 0.05) is 17.7 Å². The highest BCUT2D eigenvalue weighted by molar-refractivity contribution is 5.78. The molecule has 0 aliphatic carbocycles. The van der Waals surface area contributed by atoms with Gasteiger partial charge in [0.05, 0.1) is 6.61 Å². The van der Waals surface area contributed by atoms with Crippen LogP contribution in [0, 0.1) is 0 Å². The minimum Gasteiger partial charge on any atom is -0.507 e. The number of nitrogens with two attached hydrogens (primary N) is 1. The Labute approximate surface area is 123 Å². The summed E-state index contributed by atoms with van der Waals surface area (Å²) in [6.45, 7) is 0.425. The van der Waals surface area contributed by atoms with E-state index >= 15 is 0 Å². The number of aliphatic hydroxyl groups is 1. The van der Waals surface area contributed by atoms with Crippen LogP contribution in [0.25, 0.3) is 11.1 Å². The molecular formula is C17H19NO3. The second-order valence-corrected chi connectivity index (χ2v) is 5.27. The standard InChI is InChI=1S/C17H19NO3/c18-9-12-5-6-14-16(21-12)8-7-15(20)17(14)13-4-2-1-3-11(13)10-19/h1-4,7-8,12,19-20H,5-6,9-10,18H2. The molecule has 4 N–H and O–H groups in total. The molecule has 1 aliphatic heterocycles. The van der Waals surface area contributed by atoms with Crippen molar-refractivity contribution in [2.75, 3.05) is 6.54 Å². The topological polar surface area (TPSA) is 75.7 Å². The summed E-state index contributed by atoms with van der Waals surface area (Å²) < 4.78 is 5.87. The number of ether oxygens (including phenoxy) is 1. The van der Waals surface area contributed by atoms with Gasteiger partial charge in [-0.1, -0.05) is 24.3 Å². The molecule has 0 spiro atoms. The molecule has 0 amide bonds. The molecule has 2 aromatic rings. The van der Waals surface area contributed by atoms with E-state index in [1.165, 1.54) is 0 Å². The first-order valence-corrected chi connectivity index (χ1v) is 7.15. The van der Waals surface area contributed by atoms with E-state index in [1.54, 1.807) is 12.1 Å². The lowest BCUT2D eigenvalue weighted by Crippen LogP contribution is -2.30. The maximum absolute atomic E-state index is 10.3. The summed E-state index contributed by atoms with van der Waals surface area (Å²) in [5, 5.41) is 19.8. The maximum Gasteiger partial charge on any atom is 0.123 e. The van der Waals surface area contributed by atoms with Crippen LogP contribution in [0.1, 0.15) is 17.5 Å². The van der Waals surface area contributed by atoms with E-state index in [0.29, 0.717) is 6.54 Å². The molecule has 0 aromatic heterocycles. The summed E-state index contributed by atoms with van der Waals surface area (Å²) in [7, 11) is 0. The van der Waals surface area contributed by atoms with Crippen molar-refractivity contribution in [1.82, 2.24) is 0 Å². The Kier molecular flexibility index (Phi) is 3.82. The Bertz CT molecular complexity index is 654. The van der Waals surface area contributed by atoms with Gasteiger partial charge in [-0.2, -0.15) is 0 Å². The maximum atomic E-state index is 10.3. The summed E-state index contributed by atoms with van der Waals surface area (Å²) in [5.74, 6) is 0.988. The van der Waals surface area contributed by atoms with Crippen LogP contribution in [0.2, 0.25) is 0 Å². The minimum atomic E-state index is -0.0639. The van der Waals surface area contributed by atoms with Crippen LogP contribution in [0.3, 0.4) is 0 Å². The average Bonchev–Trinajstić information content (AvgIpc) is 2.54. The molecule has 0 saturated carbocycles. The van der Waals surface area contributed by atoms with E-state index in [4.69, 9.17) is 10.5 Å². The first-order valence-electron chi connectivity index (χ1n) is 7.15.